The third-order valence-corrected chi connectivity index (χ3v) is 3.16. The fourth-order valence-electron chi connectivity index (χ4n) is 2.16. The van der Waals surface area contributed by atoms with Gasteiger partial charge in [-0.15, -0.1) is 0 Å². The highest BCUT2D eigenvalue weighted by atomic mass is 19.3. The first-order chi connectivity index (χ1) is 9.56. The van der Waals surface area contributed by atoms with Crippen LogP contribution in [0.5, 0.6) is 11.5 Å². The minimum Gasteiger partial charge on any atom is -0.490 e. The molecule has 2 rings (SSSR count). The number of nitrogens with two attached hydrogens (primary N) is 1. The molecule has 0 radical (unpaired) electrons. The number of hydrogen-bond donors (Lipinski definition) is 1. The Labute approximate surface area is 117 Å². The number of ether oxygens (including phenoxy) is 2. The van der Waals surface area contributed by atoms with Crippen LogP contribution in [-0.2, 0) is 0 Å². The van der Waals surface area contributed by atoms with Gasteiger partial charge in [0.1, 0.15) is 0 Å². The molecule has 20 heavy (non-hydrogen) atoms. The Hall–Kier alpha value is -1.40. The number of alkyl halides is 2. The molecule has 0 spiro atoms. The van der Waals surface area contributed by atoms with E-state index in [1.54, 1.807) is 7.05 Å². The lowest BCUT2D eigenvalue weighted by molar-refractivity contribution is 0.0978. The van der Waals surface area contributed by atoms with Gasteiger partial charge in [-0.05, 0) is 24.7 Å². The van der Waals surface area contributed by atoms with Gasteiger partial charge in [0.2, 0.25) is 0 Å². The average molecular weight is 286 g/mol. The fourth-order valence-corrected chi connectivity index (χ4v) is 2.16. The normalized spacial score (nSPS) is 16.3. The van der Waals surface area contributed by atoms with E-state index >= 15 is 0 Å². The Morgan fingerprint density at radius 2 is 1.90 bits per heavy atom. The fraction of sp³-hybridized carbons (Fsp3) is 0.571. The number of hydrogen-bond acceptors (Lipinski definition) is 4. The summed E-state index contributed by atoms with van der Waals surface area (Å²) < 4.78 is 35.7. The summed E-state index contributed by atoms with van der Waals surface area (Å²) in [5, 5.41) is 0. The molecule has 1 atom stereocenters. The van der Waals surface area contributed by atoms with Crippen molar-refractivity contribution in [1.29, 1.82) is 0 Å². The minimum atomic E-state index is -2.35. The number of nitrogens with zero attached hydrogens (tertiary/aromatic N) is 1. The Kier molecular flexibility index (Phi) is 5.14. The Bertz CT molecular complexity index is 443. The Morgan fingerprint density at radius 3 is 2.60 bits per heavy atom. The SMILES string of the molecule is CN(CC(F)F)CC(N)c1ccc2c(c1)OCCCO2. The molecule has 112 valence electrons. The zero-order valence-electron chi connectivity index (χ0n) is 11.5. The summed E-state index contributed by atoms with van der Waals surface area (Å²) in [5.74, 6) is 1.38. The van der Waals surface area contributed by atoms with Gasteiger partial charge in [-0.3, -0.25) is 4.90 Å². The molecule has 0 saturated heterocycles. The van der Waals surface area contributed by atoms with E-state index in [2.05, 4.69) is 0 Å². The molecule has 1 aromatic carbocycles. The largest absolute Gasteiger partial charge is 0.490 e. The maximum Gasteiger partial charge on any atom is 0.251 e. The van der Waals surface area contributed by atoms with E-state index < -0.39 is 6.43 Å². The zero-order valence-corrected chi connectivity index (χ0v) is 11.5. The molecule has 0 bridgehead atoms. The van der Waals surface area contributed by atoms with Crippen LogP contribution in [0.25, 0.3) is 0 Å². The Morgan fingerprint density at radius 1 is 1.20 bits per heavy atom. The van der Waals surface area contributed by atoms with Crippen LogP contribution >= 0.6 is 0 Å². The third-order valence-electron chi connectivity index (χ3n) is 3.16. The van der Waals surface area contributed by atoms with Gasteiger partial charge in [-0.2, -0.15) is 0 Å². The monoisotopic (exact) mass is 286 g/mol. The highest BCUT2D eigenvalue weighted by molar-refractivity contribution is 5.44. The van der Waals surface area contributed by atoms with Crippen molar-refractivity contribution < 1.29 is 18.3 Å². The van der Waals surface area contributed by atoms with Gasteiger partial charge in [0, 0.05) is 19.0 Å². The van der Waals surface area contributed by atoms with E-state index in [1.165, 1.54) is 4.90 Å². The van der Waals surface area contributed by atoms with Gasteiger partial charge in [-0.1, -0.05) is 6.07 Å². The van der Waals surface area contributed by atoms with Crippen molar-refractivity contribution in [3.05, 3.63) is 23.8 Å². The molecule has 0 amide bonds. The van der Waals surface area contributed by atoms with Crippen molar-refractivity contribution in [2.75, 3.05) is 33.4 Å². The quantitative estimate of drug-likeness (QED) is 0.900. The van der Waals surface area contributed by atoms with E-state index in [9.17, 15) is 8.78 Å². The summed E-state index contributed by atoms with van der Waals surface area (Å²) >= 11 is 0. The van der Waals surface area contributed by atoms with Crippen LogP contribution < -0.4 is 15.2 Å². The average Bonchev–Trinajstić information content (AvgIpc) is 2.61. The molecule has 6 heteroatoms. The molecule has 4 nitrogen and oxygen atoms in total. The Balaban J connectivity index is 2.03. The van der Waals surface area contributed by atoms with Gasteiger partial charge in [0.15, 0.2) is 11.5 Å². The topological polar surface area (TPSA) is 47.7 Å². The van der Waals surface area contributed by atoms with Gasteiger partial charge in [0.25, 0.3) is 6.43 Å². The number of likely N-dealkylation sites (N-methyl/N-ethyl adjacent to an activating group) is 1. The zero-order chi connectivity index (χ0) is 14.5. The van der Waals surface area contributed by atoms with E-state index in [4.69, 9.17) is 15.2 Å². The third kappa shape index (κ3) is 4.05. The van der Waals surface area contributed by atoms with Crippen LogP contribution in [0.3, 0.4) is 0 Å². The van der Waals surface area contributed by atoms with Crippen LogP contribution in [0.1, 0.15) is 18.0 Å². The predicted octanol–water partition coefficient (Wildman–Crippen LogP) is 2.04. The molecule has 1 heterocycles. The molecule has 0 fully saturated rings. The molecule has 2 N–H and O–H groups in total. The minimum absolute atomic E-state index is 0.280. The number of halogens is 2. The van der Waals surface area contributed by atoms with Crippen molar-refractivity contribution in [3.8, 4) is 11.5 Å². The van der Waals surface area contributed by atoms with Gasteiger partial charge >= 0.3 is 0 Å². The van der Waals surface area contributed by atoms with Crippen LogP contribution in [0, 0.1) is 0 Å². The van der Waals surface area contributed by atoms with E-state index in [1.807, 2.05) is 18.2 Å². The smallest absolute Gasteiger partial charge is 0.251 e. The predicted molar refractivity (Wildman–Crippen MR) is 72.5 cm³/mol. The van der Waals surface area contributed by atoms with Crippen molar-refractivity contribution in [2.24, 2.45) is 5.73 Å². The lowest BCUT2D eigenvalue weighted by Crippen LogP contribution is -2.32. The van der Waals surface area contributed by atoms with Gasteiger partial charge in [0.05, 0.1) is 19.8 Å². The second kappa shape index (κ2) is 6.85. The molecule has 1 aliphatic heterocycles. The first kappa shape index (κ1) is 15.0. The summed E-state index contributed by atoms with van der Waals surface area (Å²) in [6.07, 6.45) is -1.51. The standard InChI is InChI=1S/C14H20F2N2O2/c1-18(9-14(15)16)8-11(17)10-3-4-12-13(7-10)20-6-2-5-19-12/h3-4,7,11,14H,2,5-6,8-9,17H2,1H3. The summed E-state index contributed by atoms with van der Waals surface area (Å²) in [4.78, 5) is 1.53. The first-order valence-corrected chi connectivity index (χ1v) is 6.68. The van der Waals surface area contributed by atoms with Crippen LogP contribution in [-0.4, -0.2) is 44.7 Å². The second-order valence-electron chi connectivity index (χ2n) is 4.98. The molecular weight excluding hydrogens is 266 g/mol. The summed E-state index contributed by atoms with van der Waals surface area (Å²) in [7, 11) is 1.63. The van der Waals surface area contributed by atoms with Gasteiger partial charge in [-0.25, -0.2) is 8.78 Å². The van der Waals surface area contributed by atoms with Crippen LogP contribution in [0.4, 0.5) is 8.78 Å². The molecule has 1 aromatic rings. The van der Waals surface area contributed by atoms with Crippen molar-refractivity contribution in [1.82, 2.24) is 4.90 Å². The molecule has 1 aliphatic rings. The highest BCUT2D eigenvalue weighted by Crippen LogP contribution is 2.32. The van der Waals surface area contributed by atoms with E-state index in [-0.39, 0.29) is 12.6 Å². The summed E-state index contributed by atoms with van der Waals surface area (Å²) in [6, 6.07) is 5.18. The lowest BCUT2D eigenvalue weighted by atomic mass is 10.1. The van der Waals surface area contributed by atoms with Crippen molar-refractivity contribution in [3.63, 3.8) is 0 Å². The number of rotatable bonds is 5. The summed E-state index contributed by atoms with van der Waals surface area (Å²) in [6.45, 7) is 1.33. The van der Waals surface area contributed by atoms with E-state index in [0.29, 0.717) is 31.3 Å². The molecule has 0 aliphatic carbocycles. The van der Waals surface area contributed by atoms with Crippen molar-refractivity contribution >= 4 is 0 Å². The first-order valence-electron chi connectivity index (χ1n) is 6.68. The van der Waals surface area contributed by atoms with E-state index in [0.717, 1.165) is 12.0 Å². The van der Waals surface area contributed by atoms with Crippen molar-refractivity contribution in [2.45, 2.75) is 18.9 Å². The molecule has 0 saturated carbocycles. The highest BCUT2D eigenvalue weighted by Gasteiger charge is 2.16. The molecule has 1 unspecified atom stereocenters. The summed E-state index contributed by atoms with van der Waals surface area (Å²) in [5.41, 5.74) is 6.92. The second-order valence-corrected chi connectivity index (χ2v) is 4.98. The van der Waals surface area contributed by atoms with Crippen LogP contribution in [0.15, 0.2) is 18.2 Å². The van der Waals surface area contributed by atoms with Gasteiger partial charge < -0.3 is 15.2 Å². The number of fused-ring (bicyclic) bond motifs is 1. The van der Waals surface area contributed by atoms with Crippen LogP contribution in [0.2, 0.25) is 0 Å². The molecular formula is C14H20F2N2O2. The maximum atomic E-state index is 12.3. The molecule has 0 aromatic heterocycles. The maximum absolute atomic E-state index is 12.3. The lowest BCUT2D eigenvalue weighted by Gasteiger charge is -2.21. The number of benzene rings is 1.